The Kier molecular flexibility index (Phi) is 4.75. The number of aromatic nitrogens is 1. The van der Waals surface area contributed by atoms with Gasteiger partial charge in [0.05, 0.1) is 18.4 Å². The van der Waals surface area contributed by atoms with Crippen LogP contribution < -0.4 is 10.2 Å². The summed E-state index contributed by atoms with van der Waals surface area (Å²) >= 11 is 0. The van der Waals surface area contributed by atoms with Crippen LogP contribution in [0.2, 0.25) is 0 Å². The van der Waals surface area contributed by atoms with E-state index in [0.717, 1.165) is 26.1 Å². The van der Waals surface area contributed by atoms with Crippen LogP contribution in [0.4, 0.5) is 5.69 Å². The molecule has 1 aliphatic heterocycles. The lowest BCUT2D eigenvalue weighted by Crippen LogP contribution is -3.10. The number of fused-ring (bicyclic) bond motifs is 1. The van der Waals surface area contributed by atoms with Gasteiger partial charge in [-0.1, -0.05) is 36.4 Å². The summed E-state index contributed by atoms with van der Waals surface area (Å²) in [6, 6.07) is 20.3. The second kappa shape index (κ2) is 7.50. The zero-order chi connectivity index (χ0) is 17.8. The van der Waals surface area contributed by atoms with Crippen LogP contribution in [0, 0.1) is 0 Å². The van der Waals surface area contributed by atoms with Gasteiger partial charge < -0.3 is 10.2 Å². The Morgan fingerprint density at radius 1 is 1.00 bits per heavy atom. The fourth-order valence-corrected chi connectivity index (χ4v) is 3.50. The summed E-state index contributed by atoms with van der Waals surface area (Å²) in [5.41, 5.74) is 5.58. The highest BCUT2D eigenvalue weighted by molar-refractivity contribution is 6.04. The van der Waals surface area contributed by atoms with Crippen molar-refractivity contribution in [3.63, 3.8) is 0 Å². The van der Waals surface area contributed by atoms with Crippen molar-refractivity contribution in [1.29, 1.82) is 0 Å². The number of anilines is 1. The quantitative estimate of drug-likeness (QED) is 0.764. The van der Waals surface area contributed by atoms with E-state index in [9.17, 15) is 4.79 Å². The predicted octanol–water partition coefficient (Wildman–Crippen LogP) is 2.48. The van der Waals surface area contributed by atoms with E-state index in [1.165, 1.54) is 16.7 Å². The maximum Gasteiger partial charge on any atom is 0.255 e. The zero-order valence-corrected chi connectivity index (χ0v) is 14.6. The topological polar surface area (TPSA) is 46.4 Å². The summed E-state index contributed by atoms with van der Waals surface area (Å²) in [4.78, 5) is 17.9. The van der Waals surface area contributed by atoms with E-state index in [-0.39, 0.29) is 5.91 Å². The van der Waals surface area contributed by atoms with Gasteiger partial charge >= 0.3 is 0 Å². The average molecular weight is 344 g/mol. The molecule has 26 heavy (non-hydrogen) atoms. The number of benzene rings is 2. The van der Waals surface area contributed by atoms with E-state index >= 15 is 0 Å². The number of quaternary nitrogens is 1. The number of carbonyl (C=O) groups excluding carboxylic acids is 1. The maximum atomic E-state index is 12.3. The molecule has 0 fully saturated rings. The van der Waals surface area contributed by atoms with Gasteiger partial charge in [-0.25, -0.2) is 0 Å². The minimum Gasteiger partial charge on any atom is -0.327 e. The van der Waals surface area contributed by atoms with Crippen molar-refractivity contribution >= 4 is 11.6 Å². The maximum absolute atomic E-state index is 12.3. The molecule has 0 radical (unpaired) electrons. The van der Waals surface area contributed by atoms with Crippen LogP contribution in [0.5, 0.6) is 0 Å². The third kappa shape index (κ3) is 3.81. The number of nitrogens with zero attached hydrogens (tertiary/aromatic N) is 1. The second-order valence-electron chi connectivity index (χ2n) is 6.77. The number of nitrogens with one attached hydrogen (secondary N) is 2. The van der Waals surface area contributed by atoms with Crippen molar-refractivity contribution in [2.75, 3.05) is 11.9 Å². The minimum atomic E-state index is -0.108. The molecule has 3 aromatic rings. The highest BCUT2D eigenvalue weighted by atomic mass is 16.1. The third-order valence-corrected chi connectivity index (χ3v) is 4.90. The molecule has 130 valence electrons. The van der Waals surface area contributed by atoms with Crippen LogP contribution in [-0.2, 0) is 19.5 Å². The number of hydrogen-bond acceptors (Lipinski definition) is 2. The molecular formula is C22H22N3O+. The van der Waals surface area contributed by atoms with Crippen molar-refractivity contribution in [1.82, 2.24) is 4.98 Å². The molecule has 0 bridgehead atoms. The Hall–Kier alpha value is -2.98. The van der Waals surface area contributed by atoms with Gasteiger partial charge in [-0.2, -0.15) is 0 Å². The largest absolute Gasteiger partial charge is 0.327 e. The Balaban J connectivity index is 1.38. The first kappa shape index (κ1) is 16.5. The average Bonchev–Trinajstić information content (AvgIpc) is 2.69. The fraction of sp³-hybridized carbons (Fsp3) is 0.182. The molecule has 4 rings (SSSR count). The van der Waals surface area contributed by atoms with E-state index in [1.807, 2.05) is 18.2 Å². The number of rotatable bonds is 4. The van der Waals surface area contributed by atoms with E-state index < -0.39 is 0 Å². The SMILES string of the molecule is O=C(Nc1cccnc1)c1ccc(C[NH+]2CCc3ccccc3C2)cc1. The summed E-state index contributed by atoms with van der Waals surface area (Å²) in [5.74, 6) is -0.108. The fourth-order valence-electron chi connectivity index (χ4n) is 3.50. The van der Waals surface area contributed by atoms with Crippen LogP contribution in [0.3, 0.4) is 0 Å². The molecule has 1 aliphatic rings. The van der Waals surface area contributed by atoms with Crippen LogP contribution >= 0.6 is 0 Å². The van der Waals surface area contributed by atoms with Crippen molar-refractivity contribution in [2.45, 2.75) is 19.5 Å². The van der Waals surface area contributed by atoms with Gasteiger partial charge in [0.25, 0.3) is 5.91 Å². The lowest BCUT2D eigenvalue weighted by Gasteiger charge is -2.26. The van der Waals surface area contributed by atoms with Crippen LogP contribution in [-0.4, -0.2) is 17.4 Å². The standard InChI is InChI=1S/C22H21N3O/c26-22(24-21-6-3-12-23-14-21)19-9-7-17(8-10-19)15-25-13-11-18-4-1-2-5-20(18)16-25/h1-10,12,14H,11,13,15-16H2,(H,24,26)/p+1. The molecule has 1 unspecified atom stereocenters. The molecule has 2 N–H and O–H groups in total. The van der Waals surface area contributed by atoms with Gasteiger partial charge in [0.1, 0.15) is 13.1 Å². The lowest BCUT2D eigenvalue weighted by molar-refractivity contribution is -0.929. The lowest BCUT2D eigenvalue weighted by atomic mass is 9.99. The molecule has 4 nitrogen and oxygen atoms in total. The Bertz CT molecular complexity index is 891. The van der Waals surface area contributed by atoms with E-state index in [1.54, 1.807) is 23.4 Å². The molecular weight excluding hydrogens is 322 g/mol. The zero-order valence-electron chi connectivity index (χ0n) is 14.6. The van der Waals surface area contributed by atoms with Crippen LogP contribution in [0.25, 0.3) is 0 Å². The van der Waals surface area contributed by atoms with Gasteiger partial charge in [0.15, 0.2) is 0 Å². The van der Waals surface area contributed by atoms with Gasteiger partial charge in [-0.15, -0.1) is 0 Å². The molecule has 0 spiro atoms. The Morgan fingerprint density at radius 2 is 1.81 bits per heavy atom. The third-order valence-electron chi connectivity index (χ3n) is 4.90. The smallest absolute Gasteiger partial charge is 0.255 e. The van der Waals surface area contributed by atoms with Gasteiger partial charge in [0, 0.05) is 29.3 Å². The molecule has 0 saturated carbocycles. The highest BCUT2D eigenvalue weighted by Crippen LogP contribution is 2.12. The predicted molar refractivity (Wildman–Crippen MR) is 102 cm³/mol. The summed E-state index contributed by atoms with van der Waals surface area (Å²) in [6.07, 6.45) is 4.46. The molecule has 0 aliphatic carbocycles. The summed E-state index contributed by atoms with van der Waals surface area (Å²) < 4.78 is 0. The Labute approximate surface area is 153 Å². The summed E-state index contributed by atoms with van der Waals surface area (Å²) in [6.45, 7) is 3.21. The van der Waals surface area contributed by atoms with Crippen LogP contribution in [0.1, 0.15) is 27.0 Å². The second-order valence-corrected chi connectivity index (χ2v) is 6.77. The molecule has 1 aromatic heterocycles. The molecule has 1 atom stereocenters. The minimum absolute atomic E-state index is 0.108. The first-order valence-corrected chi connectivity index (χ1v) is 8.98. The Morgan fingerprint density at radius 3 is 2.58 bits per heavy atom. The number of amides is 1. The molecule has 0 saturated heterocycles. The van der Waals surface area contributed by atoms with Gasteiger partial charge in [-0.3, -0.25) is 9.78 Å². The number of carbonyl (C=O) groups is 1. The van der Waals surface area contributed by atoms with E-state index in [4.69, 9.17) is 0 Å². The number of hydrogen-bond donors (Lipinski definition) is 2. The normalized spacial score (nSPS) is 15.9. The van der Waals surface area contributed by atoms with Gasteiger partial charge in [0.2, 0.25) is 0 Å². The number of pyridine rings is 1. The van der Waals surface area contributed by atoms with Crippen LogP contribution in [0.15, 0.2) is 73.1 Å². The van der Waals surface area contributed by atoms with Gasteiger partial charge in [-0.05, 0) is 29.8 Å². The summed E-state index contributed by atoms with van der Waals surface area (Å²) in [5, 5.41) is 2.86. The van der Waals surface area contributed by atoms with Crippen molar-refractivity contribution < 1.29 is 9.69 Å². The first-order chi connectivity index (χ1) is 12.8. The first-order valence-electron chi connectivity index (χ1n) is 8.98. The monoisotopic (exact) mass is 344 g/mol. The molecule has 1 amide bonds. The van der Waals surface area contributed by atoms with Crippen molar-refractivity contribution in [3.8, 4) is 0 Å². The molecule has 2 aromatic carbocycles. The van der Waals surface area contributed by atoms with E-state index in [0.29, 0.717) is 11.3 Å². The van der Waals surface area contributed by atoms with Crippen molar-refractivity contribution in [2.24, 2.45) is 0 Å². The summed E-state index contributed by atoms with van der Waals surface area (Å²) in [7, 11) is 0. The molecule has 2 heterocycles. The van der Waals surface area contributed by atoms with Crippen molar-refractivity contribution in [3.05, 3.63) is 95.3 Å². The van der Waals surface area contributed by atoms with E-state index in [2.05, 4.69) is 46.7 Å². The highest BCUT2D eigenvalue weighted by Gasteiger charge is 2.19. The molecule has 4 heteroatoms.